The maximum atomic E-state index is 13.3. The normalized spacial score (nSPS) is 10.1. The van der Waals surface area contributed by atoms with Crippen LogP contribution in [0.15, 0.2) is 42.5 Å². The van der Waals surface area contributed by atoms with Gasteiger partial charge in [-0.2, -0.15) is 0 Å². The van der Waals surface area contributed by atoms with Gasteiger partial charge in [0.1, 0.15) is 5.75 Å². The van der Waals surface area contributed by atoms with Crippen molar-refractivity contribution < 1.29 is 18.7 Å². The molecule has 1 N–H and O–H groups in total. The molecule has 0 heterocycles. The van der Waals surface area contributed by atoms with E-state index in [-0.39, 0.29) is 18.3 Å². The lowest BCUT2D eigenvalue weighted by atomic mass is 10.2. The summed E-state index contributed by atoms with van der Waals surface area (Å²) < 4.78 is 23.5. The Morgan fingerprint density at radius 3 is 2.68 bits per heavy atom. The van der Waals surface area contributed by atoms with Crippen LogP contribution in [0.3, 0.4) is 0 Å². The highest BCUT2D eigenvalue weighted by Crippen LogP contribution is 2.24. The molecule has 0 aromatic heterocycles. The fourth-order valence-electron chi connectivity index (χ4n) is 1.78. The summed E-state index contributed by atoms with van der Waals surface area (Å²) in [5.74, 6) is -0.239. The van der Waals surface area contributed by atoms with E-state index in [2.05, 4.69) is 5.32 Å². The Hall–Kier alpha value is -2.27. The first-order valence-electron chi connectivity index (χ1n) is 6.56. The first-order chi connectivity index (χ1) is 10.6. The molecule has 0 spiro atoms. The van der Waals surface area contributed by atoms with Crippen LogP contribution in [-0.2, 0) is 11.3 Å². The van der Waals surface area contributed by atoms with Crippen molar-refractivity contribution in [3.8, 4) is 11.5 Å². The van der Waals surface area contributed by atoms with Crippen molar-refractivity contribution in [2.75, 3.05) is 13.7 Å². The van der Waals surface area contributed by atoms with Crippen LogP contribution < -0.4 is 14.8 Å². The molecule has 116 valence electrons. The van der Waals surface area contributed by atoms with Crippen LogP contribution in [0.5, 0.6) is 11.5 Å². The second-order valence-electron chi connectivity index (χ2n) is 4.46. The van der Waals surface area contributed by atoms with E-state index in [4.69, 9.17) is 21.1 Å². The molecular weight excluding hydrogens is 309 g/mol. The molecule has 0 unspecified atom stereocenters. The molecule has 0 aliphatic heterocycles. The fraction of sp³-hybridized carbons (Fsp3) is 0.188. The Morgan fingerprint density at radius 2 is 2.00 bits per heavy atom. The average molecular weight is 324 g/mol. The van der Waals surface area contributed by atoms with Gasteiger partial charge in [0.25, 0.3) is 5.91 Å². The van der Waals surface area contributed by atoms with Crippen molar-refractivity contribution in [3.05, 3.63) is 58.9 Å². The topological polar surface area (TPSA) is 47.6 Å². The summed E-state index contributed by atoms with van der Waals surface area (Å²) >= 11 is 6.00. The average Bonchev–Trinajstić information content (AvgIpc) is 2.52. The van der Waals surface area contributed by atoms with Gasteiger partial charge in [-0.25, -0.2) is 4.39 Å². The van der Waals surface area contributed by atoms with Crippen LogP contribution in [0.25, 0.3) is 0 Å². The second-order valence-corrected chi connectivity index (χ2v) is 4.87. The van der Waals surface area contributed by atoms with Crippen LogP contribution in [0.2, 0.25) is 5.02 Å². The van der Waals surface area contributed by atoms with E-state index >= 15 is 0 Å². The summed E-state index contributed by atoms with van der Waals surface area (Å²) in [5, 5.41) is 3.14. The van der Waals surface area contributed by atoms with Crippen LogP contribution in [0.1, 0.15) is 5.56 Å². The molecule has 0 fully saturated rings. The number of nitrogens with one attached hydrogen (secondary N) is 1. The van der Waals surface area contributed by atoms with Gasteiger partial charge >= 0.3 is 0 Å². The maximum absolute atomic E-state index is 13.3. The number of para-hydroxylation sites is 1. The Kier molecular flexibility index (Phi) is 5.61. The summed E-state index contributed by atoms with van der Waals surface area (Å²) in [6.45, 7) is 0.0357. The molecule has 4 nitrogen and oxygen atoms in total. The smallest absolute Gasteiger partial charge is 0.258 e. The molecule has 0 bridgehead atoms. The van der Waals surface area contributed by atoms with Crippen molar-refractivity contribution in [1.29, 1.82) is 0 Å². The van der Waals surface area contributed by atoms with Gasteiger partial charge in [0.15, 0.2) is 18.2 Å². The highest BCUT2D eigenvalue weighted by Gasteiger charge is 2.07. The molecular formula is C16H15ClFNO3. The molecule has 0 aliphatic carbocycles. The van der Waals surface area contributed by atoms with E-state index in [0.29, 0.717) is 17.3 Å². The second kappa shape index (κ2) is 7.66. The minimum Gasteiger partial charge on any atom is -0.495 e. The molecule has 0 aliphatic rings. The van der Waals surface area contributed by atoms with Gasteiger partial charge in [-0.05, 0) is 29.8 Å². The van der Waals surface area contributed by atoms with Gasteiger partial charge < -0.3 is 14.8 Å². The molecule has 0 saturated heterocycles. The van der Waals surface area contributed by atoms with Gasteiger partial charge in [-0.1, -0.05) is 29.8 Å². The largest absolute Gasteiger partial charge is 0.495 e. The quantitative estimate of drug-likeness (QED) is 0.888. The van der Waals surface area contributed by atoms with E-state index in [1.165, 1.54) is 19.2 Å². The molecule has 0 radical (unpaired) electrons. The Labute approximate surface area is 132 Å². The highest BCUT2D eigenvalue weighted by atomic mass is 35.5. The number of benzene rings is 2. The van der Waals surface area contributed by atoms with Gasteiger partial charge in [0.2, 0.25) is 0 Å². The molecule has 2 rings (SSSR count). The lowest BCUT2D eigenvalue weighted by molar-refractivity contribution is -0.123. The molecule has 0 saturated carbocycles. The summed E-state index contributed by atoms with van der Waals surface area (Å²) in [4.78, 5) is 11.7. The van der Waals surface area contributed by atoms with E-state index in [0.717, 1.165) is 5.56 Å². The third-order valence-electron chi connectivity index (χ3n) is 2.90. The number of carbonyl (C=O) groups excluding carboxylic acids is 1. The molecule has 2 aromatic rings. The zero-order valence-corrected chi connectivity index (χ0v) is 12.7. The van der Waals surface area contributed by atoms with Crippen LogP contribution >= 0.6 is 11.6 Å². The SMILES string of the molecule is COc1ccc(CNC(=O)COc2ccccc2F)cc1Cl. The number of methoxy groups -OCH3 is 1. The molecule has 6 heteroatoms. The standard InChI is InChI=1S/C16H15ClFNO3/c1-21-14-7-6-11(8-12(14)17)9-19-16(20)10-22-15-5-3-2-4-13(15)18/h2-8H,9-10H2,1H3,(H,19,20). The summed E-state index contributed by atoms with van der Waals surface area (Å²) in [5.41, 5.74) is 0.824. The lowest BCUT2D eigenvalue weighted by Crippen LogP contribution is -2.28. The zero-order valence-electron chi connectivity index (χ0n) is 11.9. The van der Waals surface area contributed by atoms with Crippen LogP contribution in [-0.4, -0.2) is 19.6 Å². The van der Waals surface area contributed by atoms with Crippen molar-refractivity contribution >= 4 is 17.5 Å². The third kappa shape index (κ3) is 4.36. The maximum Gasteiger partial charge on any atom is 0.258 e. The number of rotatable bonds is 6. The number of hydrogen-bond acceptors (Lipinski definition) is 3. The van der Waals surface area contributed by atoms with Crippen molar-refractivity contribution in [2.24, 2.45) is 0 Å². The van der Waals surface area contributed by atoms with E-state index in [1.807, 2.05) is 0 Å². The van der Waals surface area contributed by atoms with Gasteiger partial charge in [0.05, 0.1) is 12.1 Å². The lowest BCUT2D eigenvalue weighted by Gasteiger charge is -2.09. The molecule has 22 heavy (non-hydrogen) atoms. The summed E-state index contributed by atoms with van der Waals surface area (Å²) in [6, 6.07) is 11.1. The number of halogens is 2. The monoisotopic (exact) mass is 323 g/mol. The Morgan fingerprint density at radius 1 is 1.23 bits per heavy atom. The van der Waals surface area contributed by atoms with Crippen molar-refractivity contribution in [3.63, 3.8) is 0 Å². The highest BCUT2D eigenvalue weighted by molar-refractivity contribution is 6.32. The number of hydrogen-bond donors (Lipinski definition) is 1. The van der Waals surface area contributed by atoms with Gasteiger partial charge in [0, 0.05) is 6.54 Å². The van der Waals surface area contributed by atoms with E-state index < -0.39 is 5.82 Å². The van der Waals surface area contributed by atoms with Gasteiger partial charge in [-0.15, -0.1) is 0 Å². The number of ether oxygens (including phenoxy) is 2. The fourth-order valence-corrected chi connectivity index (χ4v) is 2.06. The summed E-state index contributed by atoms with van der Waals surface area (Å²) in [6.07, 6.45) is 0. The minimum absolute atomic E-state index is 0.0464. The van der Waals surface area contributed by atoms with Crippen molar-refractivity contribution in [2.45, 2.75) is 6.54 Å². The third-order valence-corrected chi connectivity index (χ3v) is 3.20. The number of amides is 1. The van der Waals surface area contributed by atoms with Crippen LogP contribution in [0.4, 0.5) is 4.39 Å². The van der Waals surface area contributed by atoms with E-state index in [1.54, 1.807) is 30.3 Å². The Bertz CT molecular complexity index is 664. The molecule has 0 atom stereocenters. The summed E-state index contributed by atoms with van der Waals surface area (Å²) in [7, 11) is 1.53. The molecule has 1 amide bonds. The molecule has 2 aromatic carbocycles. The van der Waals surface area contributed by atoms with Gasteiger partial charge in [-0.3, -0.25) is 4.79 Å². The van der Waals surface area contributed by atoms with Crippen LogP contribution in [0, 0.1) is 5.82 Å². The Balaban J connectivity index is 1.83. The first kappa shape index (κ1) is 16.1. The predicted octanol–water partition coefficient (Wildman–Crippen LogP) is 3.18. The zero-order chi connectivity index (χ0) is 15.9. The van der Waals surface area contributed by atoms with Crippen molar-refractivity contribution in [1.82, 2.24) is 5.32 Å². The number of carbonyl (C=O) groups is 1. The van der Waals surface area contributed by atoms with E-state index in [9.17, 15) is 9.18 Å². The predicted molar refractivity (Wildman–Crippen MR) is 81.7 cm³/mol. The first-order valence-corrected chi connectivity index (χ1v) is 6.94. The minimum atomic E-state index is -0.503.